The number of hydrogen-bond donors (Lipinski definition) is 0. The standard InChI is InChI=1S/In.Nb.O.Sn. The van der Waals surface area contributed by atoms with Crippen molar-refractivity contribution in [3.63, 3.8) is 0 Å². The molecule has 1 nitrogen and oxygen atoms in total. The summed E-state index contributed by atoms with van der Waals surface area (Å²) in [6.45, 7) is 0. The first-order valence-corrected chi connectivity index (χ1v) is 1.37. The summed E-state index contributed by atoms with van der Waals surface area (Å²) in [6.07, 6.45) is 0. The van der Waals surface area contributed by atoms with Crippen LogP contribution in [0.15, 0.2) is 0 Å². The minimum atomic E-state index is 0. The van der Waals surface area contributed by atoms with E-state index in [-0.39, 0.29) is 48.2 Å². The molecule has 0 fully saturated rings. The van der Waals surface area contributed by atoms with Crippen LogP contribution in [0.1, 0.15) is 0 Å². The molecular formula is InNbOSn. The summed E-state index contributed by atoms with van der Waals surface area (Å²) in [5.41, 5.74) is 0. The molecule has 0 unspecified atom stereocenters. The predicted octanol–water partition coefficient (Wildman–Crippen LogP) is -0.883. The Kier molecular flexibility index (Phi) is 77.3. The predicted molar refractivity (Wildman–Crippen MR) is 12.2 cm³/mol. The summed E-state index contributed by atoms with van der Waals surface area (Å²) in [7, 11) is 0. The summed E-state index contributed by atoms with van der Waals surface area (Å²) >= 11 is 0.300. The van der Waals surface area contributed by atoms with E-state index in [0.29, 0.717) is 22.5 Å². The van der Waals surface area contributed by atoms with Gasteiger partial charge in [0, 0.05) is 48.2 Å². The molecule has 0 aliphatic carbocycles. The van der Waals surface area contributed by atoms with Crippen LogP contribution in [0.3, 0.4) is 0 Å². The van der Waals surface area contributed by atoms with E-state index in [9.17, 15) is 0 Å². The molecule has 0 saturated carbocycles. The Morgan fingerprint density at radius 3 is 1.25 bits per heavy atom. The molecule has 0 rings (SSSR count). The summed E-state index contributed by atoms with van der Waals surface area (Å²) in [5.74, 6) is 0. The molecule has 0 saturated heterocycles. The average Bonchev–Trinajstić information content (AvgIpc) is 1.00. The third kappa shape index (κ3) is 8.88. The molecule has 0 atom stereocenters. The zero-order valence-electron chi connectivity index (χ0n) is 1.93. The Morgan fingerprint density at radius 2 is 1.25 bits per heavy atom. The van der Waals surface area contributed by atoms with Gasteiger partial charge in [-0.25, -0.2) is 0 Å². The molecule has 0 N–H and O–H groups in total. The van der Waals surface area contributed by atoms with E-state index in [1.54, 1.807) is 0 Å². The second-order valence-electron chi connectivity index (χ2n) is 0. The molecule has 0 aliphatic rings. The molecule has 0 spiro atoms. The molecule has 4 heteroatoms. The van der Waals surface area contributed by atoms with E-state index < -0.39 is 0 Å². The van der Waals surface area contributed by atoms with Gasteiger partial charge >= 0.3 is 25.6 Å². The second-order valence-corrected chi connectivity index (χ2v) is 0. The van der Waals surface area contributed by atoms with Crippen LogP contribution in [0.25, 0.3) is 0 Å². The zero-order chi connectivity index (χ0) is 2.00. The summed E-state index contributed by atoms with van der Waals surface area (Å²) in [4.78, 5) is 0. The van der Waals surface area contributed by atoms with Gasteiger partial charge in [0.05, 0.1) is 0 Å². The third-order valence-corrected chi connectivity index (χ3v) is 0. The van der Waals surface area contributed by atoms with Crippen molar-refractivity contribution in [3.8, 4) is 0 Å². The first-order chi connectivity index (χ1) is 1.00. The normalized spacial score (nSPS) is 1.00. The van der Waals surface area contributed by atoms with E-state index in [0.717, 1.165) is 0 Å². The van der Waals surface area contributed by atoms with Crippen LogP contribution in [0.5, 0.6) is 0 Å². The van der Waals surface area contributed by atoms with Gasteiger partial charge in [0.15, 0.2) is 0 Å². The molecule has 0 aliphatic heterocycles. The first kappa shape index (κ1) is 16.4. The van der Waals surface area contributed by atoms with Crippen LogP contribution >= 0.6 is 0 Å². The summed E-state index contributed by atoms with van der Waals surface area (Å²) in [5, 5.41) is 0. The van der Waals surface area contributed by atoms with Crippen molar-refractivity contribution in [1.82, 2.24) is 0 Å². The third-order valence-electron chi connectivity index (χ3n) is 0. The minimum absolute atomic E-state index is 0. The van der Waals surface area contributed by atoms with Gasteiger partial charge in [-0.05, 0) is 0 Å². The zero-order valence-corrected chi connectivity index (χ0v) is 10.3. The van der Waals surface area contributed by atoms with Crippen molar-refractivity contribution in [1.29, 1.82) is 0 Å². The maximum atomic E-state index is 8.34. The fourth-order valence-electron chi connectivity index (χ4n) is 0. The van der Waals surface area contributed by atoms with Crippen molar-refractivity contribution >= 4 is 48.4 Å². The first-order valence-electron chi connectivity index (χ1n) is 0.204. The topological polar surface area (TPSA) is 17.1 Å². The monoisotopic (exact) mass is 344 g/mol. The Bertz CT molecular complexity index is 8.00. The number of rotatable bonds is 0. The Balaban J connectivity index is -0.00000000500. The van der Waals surface area contributed by atoms with Crippen LogP contribution in [0.2, 0.25) is 0 Å². The molecule has 0 heterocycles. The van der Waals surface area contributed by atoms with Gasteiger partial charge in [-0.15, -0.1) is 0 Å². The van der Waals surface area contributed by atoms with E-state index in [4.69, 9.17) is 3.08 Å². The summed E-state index contributed by atoms with van der Waals surface area (Å²) in [6, 6.07) is 0. The van der Waals surface area contributed by atoms with Crippen LogP contribution in [-0.4, -0.2) is 48.4 Å². The van der Waals surface area contributed by atoms with E-state index in [1.165, 1.54) is 0 Å². The van der Waals surface area contributed by atoms with E-state index >= 15 is 0 Å². The van der Waals surface area contributed by atoms with Gasteiger partial charge in [-0.2, -0.15) is 0 Å². The summed E-state index contributed by atoms with van der Waals surface area (Å²) < 4.78 is 8.34. The molecule has 0 aromatic heterocycles. The number of hydrogen-bond acceptors (Lipinski definition) is 1. The van der Waals surface area contributed by atoms with Gasteiger partial charge in [0.2, 0.25) is 0 Å². The molecule has 4 heavy (non-hydrogen) atoms. The van der Waals surface area contributed by atoms with Crippen molar-refractivity contribution in [3.05, 3.63) is 0 Å². The van der Waals surface area contributed by atoms with Crippen LogP contribution in [-0.2, 0) is 25.5 Å². The molecule has 0 bridgehead atoms. The quantitative estimate of drug-likeness (QED) is 0.523. The molecular weight excluding hydrogens is 342 g/mol. The van der Waals surface area contributed by atoms with Crippen LogP contribution < -0.4 is 0 Å². The van der Waals surface area contributed by atoms with Gasteiger partial charge in [0.25, 0.3) is 0 Å². The fourth-order valence-corrected chi connectivity index (χ4v) is 0. The maximum absolute atomic E-state index is 8.34. The average molecular weight is 342 g/mol. The van der Waals surface area contributed by atoms with Crippen molar-refractivity contribution < 1.29 is 25.5 Å². The van der Waals surface area contributed by atoms with E-state index in [2.05, 4.69) is 0 Å². The Hall–Kier alpha value is 2.21. The van der Waals surface area contributed by atoms with Crippen molar-refractivity contribution in [2.75, 3.05) is 0 Å². The van der Waals surface area contributed by atoms with Crippen molar-refractivity contribution in [2.45, 2.75) is 0 Å². The Morgan fingerprint density at radius 1 is 1.25 bits per heavy atom. The van der Waals surface area contributed by atoms with Crippen LogP contribution in [0, 0.1) is 0 Å². The fraction of sp³-hybridized carbons (Fsp3) is 0. The molecule has 0 aromatic carbocycles. The Labute approximate surface area is 72.7 Å². The molecule has 0 amide bonds. The SMILES string of the molecule is [In].[Nb].[O]=[Sn]. The second kappa shape index (κ2) is 18.9. The molecule has 0 aromatic rings. The van der Waals surface area contributed by atoms with Gasteiger partial charge in [-0.1, -0.05) is 0 Å². The van der Waals surface area contributed by atoms with Crippen molar-refractivity contribution in [2.24, 2.45) is 0 Å². The van der Waals surface area contributed by atoms with Gasteiger partial charge in [0.1, 0.15) is 0 Å². The van der Waals surface area contributed by atoms with E-state index in [1.807, 2.05) is 0 Å². The van der Waals surface area contributed by atoms with Crippen LogP contribution in [0.4, 0.5) is 0 Å². The molecule has 6 radical (unpaired) electrons. The van der Waals surface area contributed by atoms with Gasteiger partial charge < -0.3 is 0 Å². The molecule has 18 valence electrons. The van der Waals surface area contributed by atoms with Gasteiger partial charge in [-0.3, -0.25) is 0 Å².